The summed E-state index contributed by atoms with van der Waals surface area (Å²) in [6.07, 6.45) is -3.48. The fourth-order valence-electron chi connectivity index (χ4n) is 2.69. The first-order chi connectivity index (χ1) is 10.4. The van der Waals surface area contributed by atoms with Crippen molar-refractivity contribution in [2.75, 3.05) is 18.0 Å². The Morgan fingerprint density at radius 1 is 1.14 bits per heavy atom. The van der Waals surface area contributed by atoms with Crippen molar-refractivity contribution in [1.29, 1.82) is 0 Å². The predicted molar refractivity (Wildman–Crippen MR) is 85.8 cm³/mol. The summed E-state index contributed by atoms with van der Waals surface area (Å²) in [5.41, 5.74) is 0.147. The van der Waals surface area contributed by atoms with Crippen LogP contribution in [0.3, 0.4) is 0 Å². The van der Waals surface area contributed by atoms with Crippen LogP contribution >= 0.6 is 22.6 Å². The molecular weight excluding hydrogens is 406 g/mol. The van der Waals surface area contributed by atoms with Gasteiger partial charge in [-0.1, -0.05) is 18.2 Å². The van der Waals surface area contributed by atoms with Crippen molar-refractivity contribution >= 4 is 28.4 Å². The van der Waals surface area contributed by atoms with Crippen molar-refractivity contribution in [3.05, 3.63) is 51.2 Å². The maximum Gasteiger partial charge on any atom is 0.416 e. The standard InChI is InChI=1S/C15H13F3IN3/c16-15(17,18)12-3-1-2-10(8-12)11-6-7-22(9-11)14-5-4-13(19)20-21-14/h1-5,8,11H,6-7,9H2. The Balaban J connectivity index is 1.76. The lowest BCUT2D eigenvalue weighted by molar-refractivity contribution is -0.137. The van der Waals surface area contributed by atoms with E-state index in [2.05, 4.69) is 37.7 Å². The Kier molecular flexibility index (Phi) is 4.24. The van der Waals surface area contributed by atoms with E-state index in [1.165, 1.54) is 12.1 Å². The Labute approximate surface area is 139 Å². The van der Waals surface area contributed by atoms with Gasteiger partial charge in [0.25, 0.3) is 0 Å². The van der Waals surface area contributed by atoms with Crippen LogP contribution in [0.4, 0.5) is 19.0 Å². The molecule has 1 aliphatic heterocycles. The van der Waals surface area contributed by atoms with E-state index in [1.807, 2.05) is 12.1 Å². The van der Waals surface area contributed by atoms with Gasteiger partial charge < -0.3 is 4.90 Å². The average molecular weight is 419 g/mol. The van der Waals surface area contributed by atoms with Crippen LogP contribution in [0.15, 0.2) is 36.4 Å². The van der Waals surface area contributed by atoms with Crippen molar-refractivity contribution < 1.29 is 13.2 Å². The number of hydrogen-bond acceptors (Lipinski definition) is 3. The van der Waals surface area contributed by atoms with Gasteiger partial charge in [-0.25, -0.2) is 0 Å². The molecule has 0 bridgehead atoms. The summed E-state index contributed by atoms with van der Waals surface area (Å²) >= 11 is 2.09. The second-order valence-corrected chi connectivity index (χ2v) is 6.37. The van der Waals surface area contributed by atoms with E-state index in [0.29, 0.717) is 6.54 Å². The number of hydrogen-bond donors (Lipinski definition) is 0. The van der Waals surface area contributed by atoms with E-state index < -0.39 is 11.7 Å². The van der Waals surface area contributed by atoms with Gasteiger partial charge in [0.2, 0.25) is 0 Å². The molecule has 1 aromatic carbocycles. The lowest BCUT2D eigenvalue weighted by Crippen LogP contribution is -2.20. The molecule has 22 heavy (non-hydrogen) atoms. The lowest BCUT2D eigenvalue weighted by Gasteiger charge is -2.17. The molecule has 1 aliphatic rings. The summed E-state index contributed by atoms with van der Waals surface area (Å²) < 4.78 is 39.2. The van der Waals surface area contributed by atoms with Crippen LogP contribution < -0.4 is 4.90 Å². The highest BCUT2D eigenvalue weighted by atomic mass is 127. The molecule has 0 N–H and O–H groups in total. The van der Waals surface area contributed by atoms with E-state index in [4.69, 9.17) is 0 Å². The highest BCUT2D eigenvalue weighted by Gasteiger charge is 2.32. The van der Waals surface area contributed by atoms with Gasteiger partial charge in [0.05, 0.1) is 5.56 Å². The van der Waals surface area contributed by atoms with Crippen molar-refractivity contribution in [2.45, 2.75) is 18.5 Å². The molecule has 0 amide bonds. The minimum atomic E-state index is -4.30. The van der Waals surface area contributed by atoms with Gasteiger partial charge >= 0.3 is 6.18 Å². The topological polar surface area (TPSA) is 29.0 Å². The number of alkyl halides is 3. The number of aromatic nitrogens is 2. The smallest absolute Gasteiger partial charge is 0.354 e. The third-order valence-corrected chi connectivity index (χ3v) is 4.39. The molecule has 1 atom stereocenters. The van der Waals surface area contributed by atoms with Gasteiger partial charge in [0.15, 0.2) is 5.82 Å². The summed E-state index contributed by atoms with van der Waals surface area (Å²) in [6.45, 7) is 1.44. The van der Waals surface area contributed by atoms with Crippen molar-refractivity contribution in [1.82, 2.24) is 10.2 Å². The van der Waals surface area contributed by atoms with Gasteiger partial charge in [-0.05, 0) is 52.8 Å². The van der Waals surface area contributed by atoms with Gasteiger partial charge in [0.1, 0.15) is 3.70 Å². The van der Waals surface area contributed by atoms with Crippen LogP contribution in [0, 0.1) is 3.70 Å². The number of benzene rings is 1. The first-order valence-corrected chi connectivity index (χ1v) is 7.93. The normalized spacial score (nSPS) is 18.7. The number of anilines is 1. The van der Waals surface area contributed by atoms with Crippen LogP contribution in [0.1, 0.15) is 23.5 Å². The molecule has 1 fully saturated rings. The van der Waals surface area contributed by atoms with E-state index in [0.717, 1.165) is 34.1 Å². The molecular formula is C15H13F3IN3. The highest BCUT2D eigenvalue weighted by Crippen LogP contribution is 2.34. The summed E-state index contributed by atoms with van der Waals surface area (Å²) in [4.78, 5) is 2.06. The fraction of sp³-hybridized carbons (Fsp3) is 0.333. The quantitative estimate of drug-likeness (QED) is 0.687. The molecule has 3 nitrogen and oxygen atoms in total. The SMILES string of the molecule is FC(F)(F)c1cccc(C2CCN(c3ccc(I)nn3)C2)c1. The molecule has 0 saturated carbocycles. The monoisotopic (exact) mass is 419 g/mol. The van der Waals surface area contributed by atoms with Gasteiger partial charge in [-0.3, -0.25) is 0 Å². The number of nitrogens with zero attached hydrogens (tertiary/aromatic N) is 3. The molecule has 0 radical (unpaired) electrons. The minimum absolute atomic E-state index is 0.0865. The molecule has 0 aliphatic carbocycles. The second-order valence-electron chi connectivity index (χ2n) is 5.27. The lowest BCUT2D eigenvalue weighted by atomic mass is 9.96. The molecule has 2 heterocycles. The highest BCUT2D eigenvalue weighted by molar-refractivity contribution is 14.1. The Bertz CT molecular complexity index is 658. The van der Waals surface area contributed by atoms with Crippen LogP contribution in [-0.2, 0) is 6.18 Å². The fourth-order valence-corrected chi connectivity index (χ4v) is 2.97. The molecule has 2 aromatic rings. The maximum absolute atomic E-state index is 12.8. The molecule has 3 rings (SSSR count). The Morgan fingerprint density at radius 2 is 1.95 bits per heavy atom. The third-order valence-electron chi connectivity index (χ3n) is 3.82. The van der Waals surface area contributed by atoms with Crippen molar-refractivity contribution in [3.63, 3.8) is 0 Å². The van der Waals surface area contributed by atoms with Crippen LogP contribution in [0.25, 0.3) is 0 Å². The van der Waals surface area contributed by atoms with E-state index >= 15 is 0 Å². The maximum atomic E-state index is 12.8. The second kappa shape index (κ2) is 6.02. The summed E-state index contributed by atoms with van der Waals surface area (Å²) in [6, 6.07) is 9.38. The zero-order valence-electron chi connectivity index (χ0n) is 11.5. The Hall–Kier alpha value is -1.38. The van der Waals surface area contributed by atoms with Gasteiger partial charge in [0, 0.05) is 19.0 Å². The van der Waals surface area contributed by atoms with Gasteiger partial charge in [-0.15, -0.1) is 10.2 Å². The minimum Gasteiger partial charge on any atom is -0.354 e. The van der Waals surface area contributed by atoms with E-state index in [-0.39, 0.29) is 5.92 Å². The third kappa shape index (κ3) is 3.34. The number of halogens is 4. The molecule has 1 unspecified atom stereocenters. The molecule has 1 aromatic heterocycles. The summed E-state index contributed by atoms with van der Waals surface area (Å²) in [5, 5.41) is 8.15. The zero-order chi connectivity index (χ0) is 15.7. The van der Waals surface area contributed by atoms with Crippen LogP contribution in [0.5, 0.6) is 0 Å². The average Bonchev–Trinajstić information content (AvgIpc) is 2.97. The first-order valence-electron chi connectivity index (χ1n) is 6.85. The van der Waals surface area contributed by atoms with E-state index in [1.54, 1.807) is 6.07 Å². The van der Waals surface area contributed by atoms with Crippen LogP contribution in [0.2, 0.25) is 0 Å². The van der Waals surface area contributed by atoms with Gasteiger partial charge in [-0.2, -0.15) is 13.2 Å². The number of rotatable bonds is 2. The first kappa shape index (κ1) is 15.5. The largest absolute Gasteiger partial charge is 0.416 e. The Morgan fingerprint density at radius 3 is 2.64 bits per heavy atom. The van der Waals surface area contributed by atoms with Crippen LogP contribution in [-0.4, -0.2) is 23.3 Å². The zero-order valence-corrected chi connectivity index (χ0v) is 13.7. The molecule has 0 spiro atoms. The van der Waals surface area contributed by atoms with Crippen molar-refractivity contribution in [2.24, 2.45) is 0 Å². The molecule has 1 saturated heterocycles. The summed E-state index contributed by atoms with van der Waals surface area (Å²) in [5.74, 6) is 0.860. The summed E-state index contributed by atoms with van der Waals surface area (Å²) in [7, 11) is 0. The predicted octanol–water partition coefficient (Wildman–Crippen LogP) is 4.09. The van der Waals surface area contributed by atoms with Crippen molar-refractivity contribution in [3.8, 4) is 0 Å². The van der Waals surface area contributed by atoms with E-state index in [9.17, 15) is 13.2 Å². The molecule has 7 heteroatoms. The molecule has 116 valence electrons.